The van der Waals surface area contributed by atoms with Gasteiger partial charge in [0.05, 0.1) is 12.4 Å². The second-order valence-corrected chi connectivity index (χ2v) is 9.61. The van der Waals surface area contributed by atoms with E-state index in [4.69, 9.17) is 9.47 Å². The number of carbonyl (C=O) groups is 1. The van der Waals surface area contributed by atoms with Crippen LogP contribution in [0.25, 0.3) is 0 Å². The Morgan fingerprint density at radius 2 is 1.82 bits per heavy atom. The summed E-state index contributed by atoms with van der Waals surface area (Å²) in [7, 11) is -3.36. The Kier molecular flexibility index (Phi) is 8.76. The van der Waals surface area contributed by atoms with Gasteiger partial charge in [0.25, 0.3) is 0 Å². The predicted octanol–water partition coefficient (Wildman–Crippen LogP) is 2.85. The lowest BCUT2D eigenvalue weighted by molar-refractivity contribution is -0.119. The van der Waals surface area contributed by atoms with Crippen molar-refractivity contribution in [1.82, 2.24) is 5.32 Å². The van der Waals surface area contributed by atoms with Crippen molar-refractivity contribution in [2.24, 2.45) is 0 Å². The normalized spacial score (nSPS) is 16.5. The summed E-state index contributed by atoms with van der Waals surface area (Å²) in [5, 5.41) is 2.87. The maximum Gasteiger partial charge on any atom is 0.235 e. The third kappa shape index (κ3) is 6.78. The van der Waals surface area contributed by atoms with Crippen LogP contribution in [-0.2, 0) is 24.8 Å². The molecule has 2 rings (SSSR count). The van der Waals surface area contributed by atoms with Crippen LogP contribution in [0.15, 0.2) is 24.3 Å². The molecular formula is C21H33NO5S. The third-order valence-corrected chi connectivity index (χ3v) is 6.87. The van der Waals surface area contributed by atoms with Crippen LogP contribution >= 0.6 is 0 Å². The fourth-order valence-electron chi connectivity index (χ4n) is 3.56. The Labute approximate surface area is 168 Å². The van der Waals surface area contributed by atoms with Gasteiger partial charge in [-0.3, -0.25) is 4.79 Å². The minimum atomic E-state index is -3.36. The number of sulfone groups is 1. The topological polar surface area (TPSA) is 81.7 Å². The van der Waals surface area contributed by atoms with E-state index in [9.17, 15) is 13.2 Å². The molecule has 1 aliphatic heterocycles. The molecule has 158 valence electrons. The molecule has 1 amide bonds. The predicted molar refractivity (Wildman–Crippen MR) is 111 cm³/mol. The quantitative estimate of drug-likeness (QED) is 0.566. The lowest BCUT2D eigenvalue weighted by atomic mass is 9.74. The number of amides is 1. The first-order chi connectivity index (χ1) is 13.4. The van der Waals surface area contributed by atoms with E-state index in [1.54, 1.807) is 0 Å². The van der Waals surface area contributed by atoms with Crippen LogP contribution in [0.1, 0.15) is 51.5 Å². The lowest BCUT2D eigenvalue weighted by Crippen LogP contribution is -2.46. The number of ether oxygens (including phenoxy) is 2. The summed E-state index contributed by atoms with van der Waals surface area (Å²) < 4.78 is 35.3. The fourth-order valence-corrected chi connectivity index (χ4v) is 4.85. The minimum Gasteiger partial charge on any atom is -0.494 e. The van der Waals surface area contributed by atoms with Crippen molar-refractivity contribution in [3.8, 4) is 5.75 Å². The van der Waals surface area contributed by atoms with Crippen molar-refractivity contribution in [3.05, 3.63) is 29.8 Å². The Balaban J connectivity index is 2.01. The number of nitrogens with one attached hydrogen (secondary N) is 1. The second kappa shape index (κ2) is 10.8. The Morgan fingerprint density at radius 1 is 1.14 bits per heavy atom. The first kappa shape index (κ1) is 22.7. The van der Waals surface area contributed by atoms with Gasteiger partial charge in [-0.25, -0.2) is 8.42 Å². The fraction of sp³-hybridized carbons (Fsp3) is 0.667. The zero-order valence-electron chi connectivity index (χ0n) is 17.0. The molecule has 0 aromatic heterocycles. The van der Waals surface area contributed by atoms with E-state index >= 15 is 0 Å². The van der Waals surface area contributed by atoms with Crippen LogP contribution in [0.3, 0.4) is 0 Å². The molecule has 1 aromatic carbocycles. The highest BCUT2D eigenvalue weighted by molar-refractivity contribution is 7.92. The van der Waals surface area contributed by atoms with Gasteiger partial charge in [-0.05, 0) is 43.9 Å². The molecule has 0 atom stereocenters. The average molecular weight is 412 g/mol. The summed E-state index contributed by atoms with van der Waals surface area (Å²) in [5.41, 5.74) is 0.871. The molecule has 1 aromatic rings. The number of rotatable bonds is 11. The number of unbranched alkanes of at least 4 members (excludes halogenated alkanes) is 2. The number of benzene rings is 1. The molecule has 1 fully saturated rings. The van der Waals surface area contributed by atoms with Crippen LogP contribution in [0, 0.1) is 0 Å². The van der Waals surface area contributed by atoms with Gasteiger partial charge < -0.3 is 14.8 Å². The third-order valence-electron chi connectivity index (χ3n) is 5.26. The summed E-state index contributed by atoms with van der Waals surface area (Å²) in [6.45, 7) is 6.23. The van der Waals surface area contributed by atoms with Crippen molar-refractivity contribution in [2.45, 2.75) is 51.4 Å². The zero-order valence-corrected chi connectivity index (χ0v) is 17.9. The SMILES string of the molecule is CCCCCS(=O)(=O)CC(=O)NCC1(c2ccc(OCC)cc2)CCOCC1. The van der Waals surface area contributed by atoms with Crippen LogP contribution in [-0.4, -0.2) is 52.2 Å². The second-order valence-electron chi connectivity index (χ2n) is 7.43. The van der Waals surface area contributed by atoms with Gasteiger partial charge in [-0.1, -0.05) is 31.9 Å². The summed E-state index contributed by atoms with van der Waals surface area (Å²) in [6.07, 6.45) is 3.99. The smallest absolute Gasteiger partial charge is 0.235 e. The van der Waals surface area contributed by atoms with Crippen LogP contribution < -0.4 is 10.1 Å². The van der Waals surface area contributed by atoms with Gasteiger partial charge in [0.2, 0.25) is 5.91 Å². The molecule has 0 bridgehead atoms. The van der Waals surface area contributed by atoms with Gasteiger partial charge in [-0.15, -0.1) is 0 Å². The summed E-state index contributed by atoms with van der Waals surface area (Å²) >= 11 is 0. The van der Waals surface area contributed by atoms with Gasteiger partial charge in [0.15, 0.2) is 9.84 Å². The summed E-state index contributed by atoms with van der Waals surface area (Å²) in [4.78, 5) is 12.3. The first-order valence-electron chi connectivity index (χ1n) is 10.2. The van der Waals surface area contributed by atoms with E-state index in [-0.39, 0.29) is 11.2 Å². The van der Waals surface area contributed by atoms with Gasteiger partial charge >= 0.3 is 0 Å². The Hall–Kier alpha value is -1.60. The van der Waals surface area contributed by atoms with Crippen molar-refractivity contribution in [1.29, 1.82) is 0 Å². The molecule has 6 nitrogen and oxygen atoms in total. The van der Waals surface area contributed by atoms with Gasteiger partial charge in [0, 0.05) is 25.2 Å². The molecular weight excluding hydrogens is 378 g/mol. The van der Waals surface area contributed by atoms with E-state index in [1.807, 2.05) is 38.1 Å². The largest absolute Gasteiger partial charge is 0.494 e. The molecule has 1 aliphatic rings. The van der Waals surface area contributed by atoms with E-state index in [0.717, 1.165) is 37.0 Å². The van der Waals surface area contributed by atoms with Gasteiger partial charge in [0.1, 0.15) is 11.5 Å². The first-order valence-corrected chi connectivity index (χ1v) is 12.0. The Morgan fingerprint density at radius 3 is 2.43 bits per heavy atom. The number of carbonyl (C=O) groups excluding carboxylic acids is 1. The van der Waals surface area contributed by atoms with E-state index in [1.165, 1.54) is 0 Å². The van der Waals surface area contributed by atoms with Crippen molar-refractivity contribution < 1.29 is 22.7 Å². The highest BCUT2D eigenvalue weighted by Gasteiger charge is 2.35. The van der Waals surface area contributed by atoms with Crippen LogP contribution in [0.5, 0.6) is 5.75 Å². The molecule has 7 heteroatoms. The maximum atomic E-state index is 12.3. The van der Waals surface area contributed by atoms with Gasteiger partial charge in [-0.2, -0.15) is 0 Å². The molecule has 1 N–H and O–H groups in total. The van der Waals surface area contributed by atoms with Crippen molar-refractivity contribution in [3.63, 3.8) is 0 Å². The molecule has 0 radical (unpaired) electrons. The van der Waals surface area contributed by atoms with Crippen molar-refractivity contribution >= 4 is 15.7 Å². The van der Waals surface area contributed by atoms with E-state index in [0.29, 0.717) is 32.8 Å². The zero-order chi connectivity index (χ0) is 20.5. The summed E-state index contributed by atoms with van der Waals surface area (Å²) in [5.74, 6) is 0.0302. The Bertz CT molecular complexity index is 709. The molecule has 1 heterocycles. The molecule has 1 saturated heterocycles. The minimum absolute atomic E-state index is 0.0755. The summed E-state index contributed by atoms with van der Waals surface area (Å²) in [6, 6.07) is 7.94. The van der Waals surface area contributed by atoms with Crippen LogP contribution in [0.2, 0.25) is 0 Å². The molecule has 0 aliphatic carbocycles. The molecule has 0 saturated carbocycles. The molecule has 28 heavy (non-hydrogen) atoms. The standard InChI is InChI=1S/C21H33NO5S/c1-3-5-6-15-28(24,25)16-20(23)22-17-21(11-13-26-14-12-21)18-7-9-19(10-8-18)27-4-2/h7-10H,3-6,11-17H2,1-2H3,(H,22,23). The lowest BCUT2D eigenvalue weighted by Gasteiger charge is -2.38. The monoisotopic (exact) mass is 411 g/mol. The average Bonchev–Trinajstić information content (AvgIpc) is 2.68. The molecule has 0 unspecified atom stereocenters. The molecule has 0 spiro atoms. The highest BCUT2D eigenvalue weighted by atomic mass is 32.2. The van der Waals surface area contributed by atoms with Crippen LogP contribution in [0.4, 0.5) is 0 Å². The van der Waals surface area contributed by atoms with Crippen molar-refractivity contribution in [2.75, 3.05) is 37.9 Å². The number of hydrogen-bond acceptors (Lipinski definition) is 5. The van der Waals surface area contributed by atoms with E-state index in [2.05, 4.69) is 5.32 Å². The maximum absolute atomic E-state index is 12.3. The number of hydrogen-bond donors (Lipinski definition) is 1. The highest BCUT2D eigenvalue weighted by Crippen LogP contribution is 2.35. The van der Waals surface area contributed by atoms with E-state index < -0.39 is 21.5 Å².